The maximum atomic E-state index is 11.9. The Morgan fingerprint density at radius 1 is 1.36 bits per heavy atom. The molecule has 1 aliphatic heterocycles. The zero-order valence-corrected chi connectivity index (χ0v) is 14.6. The van der Waals surface area contributed by atoms with Crippen LogP contribution in [0.3, 0.4) is 0 Å². The van der Waals surface area contributed by atoms with Gasteiger partial charge in [-0.3, -0.25) is 9.69 Å². The van der Waals surface area contributed by atoms with E-state index in [-0.39, 0.29) is 18.6 Å². The fourth-order valence-corrected chi connectivity index (χ4v) is 2.62. The number of nitrogens with zero attached hydrogens (tertiary/aromatic N) is 1. The number of carbonyl (C=O) groups is 1. The van der Waals surface area contributed by atoms with Gasteiger partial charge in [-0.15, -0.1) is 0 Å². The highest BCUT2D eigenvalue weighted by Gasteiger charge is 2.25. The molecule has 1 saturated heterocycles. The van der Waals surface area contributed by atoms with Crippen LogP contribution in [0.1, 0.15) is 32.4 Å². The summed E-state index contributed by atoms with van der Waals surface area (Å²) in [5.41, 5.74) is 0.496. The summed E-state index contributed by atoms with van der Waals surface area (Å²) < 4.78 is 11.1. The van der Waals surface area contributed by atoms with Gasteiger partial charge in [0, 0.05) is 13.1 Å². The first-order chi connectivity index (χ1) is 10.2. The van der Waals surface area contributed by atoms with Crippen molar-refractivity contribution in [1.29, 1.82) is 0 Å². The van der Waals surface area contributed by atoms with Crippen LogP contribution in [-0.4, -0.2) is 42.7 Å². The van der Waals surface area contributed by atoms with E-state index < -0.39 is 5.60 Å². The number of ether oxygens (including phenoxy) is 2. The zero-order valence-electron chi connectivity index (χ0n) is 13.1. The maximum Gasteiger partial charge on any atom is 0.320 e. The van der Waals surface area contributed by atoms with Crippen molar-refractivity contribution in [3.8, 4) is 0 Å². The van der Waals surface area contributed by atoms with Crippen molar-refractivity contribution in [1.82, 2.24) is 4.90 Å². The van der Waals surface area contributed by atoms with E-state index in [2.05, 4.69) is 0 Å². The van der Waals surface area contributed by atoms with Crippen LogP contribution in [0.25, 0.3) is 0 Å². The van der Waals surface area contributed by atoms with Crippen molar-refractivity contribution in [2.45, 2.75) is 32.5 Å². The van der Waals surface area contributed by atoms with E-state index >= 15 is 0 Å². The summed E-state index contributed by atoms with van der Waals surface area (Å²) in [6.45, 7) is 7.74. The lowest BCUT2D eigenvalue weighted by molar-refractivity contribution is -0.158. The van der Waals surface area contributed by atoms with Gasteiger partial charge in [0.2, 0.25) is 0 Å². The SMILES string of the molecule is CC(C)(C)OC(=O)CN1CCOC(c2ccc(Cl)c(Cl)c2)C1. The third kappa shape index (κ3) is 5.13. The molecule has 0 spiro atoms. The van der Waals surface area contributed by atoms with Gasteiger partial charge in [-0.25, -0.2) is 0 Å². The normalized spacial score (nSPS) is 20.0. The van der Waals surface area contributed by atoms with Gasteiger partial charge in [-0.05, 0) is 38.5 Å². The lowest BCUT2D eigenvalue weighted by Gasteiger charge is -2.33. The van der Waals surface area contributed by atoms with Gasteiger partial charge >= 0.3 is 5.97 Å². The first-order valence-electron chi connectivity index (χ1n) is 7.25. The second kappa shape index (κ2) is 7.18. The van der Waals surface area contributed by atoms with Crippen molar-refractivity contribution in [2.75, 3.05) is 26.2 Å². The van der Waals surface area contributed by atoms with Crippen LogP contribution in [-0.2, 0) is 14.3 Å². The molecule has 0 N–H and O–H groups in total. The molecule has 6 heteroatoms. The van der Waals surface area contributed by atoms with Gasteiger partial charge in [0.25, 0.3) is 0 Å². The molecule has 1 heterocycles. The Morgan fingerprint density at radius 3 is 2.73 bits per heavy atom. The molecular weight excluding hydrogens is 325 g/mol. The zero-order chi connectivity index (χ0) is 16.3. The minimum absolute atomic E-state index is 0.119. The maximum absolute atomic E-state index is 11.9. The summed E-state index contributed by atoms with van der Waals surface area (Å²) in [7, 11) is 0. The van der Waals surface area contributed by atoms with Crippen molar-refractivity contribution >= 4 is 29.2 Å². The molecule has 0 saturated carbocycles. The molecule has 1 fully saturated rings. The van der Waals surface area contributed by atoms with Crippen molar-refractivity contribution in [3.05, 3.63) is 33.8 Å². The lowest BCUT2D eigenvalue weighted by atomic mass is 10.1. The summed E-state index contributed by atoms with van der Waals surface area (Å²) in [4.78, 5) is 14.0. The molecule has 1 aliphatic rings. The van der Waals surface area contributed by atoms with E-state index in [4.69, 9.17) is 32.7 Å². The van der Waals surface area contributed by atoms with E-state index in [1.807, 2.05) is 37.8 Å². The molecule has 0 radical (unpaired) electrons. The molecule has 0 bridgehead atoms. The molecule has 0 aliphatic carbocycles. The summed E-state index contributed by atoms with van der Waals surface area (Å²) in [6.07, 6.45) is -0.119. The molecule has 1 aromatic rings. The summed E-state index contributed by atoms with van der Waals surface area (Å²) >= 11 is 12.0. The number of halogens is 2. The Bertz CT molecular complexity index is 543. The van der Waals surface area contributed by atoms with E-state index in [0.29, 0.717) is 29.7 Å². The highest BCUT2D eigenvalue weighted by atomic mass is 35.5. The molecule has 1 unspecified atom stereocenters. The van der Waals surface area contributed by atoms with Gasteiger partial charge in [0.05, 0.1) is 29.3 Å². The minimum Gasteiger partial charge on any atom is -0.459 e. The molecule has 0 amide bonds. The van der Waals surface area contributed by atoms with Crippen LogP contribution >= 0.6 is 23.2 Å². The van der Waals surface area contributed by atoms with E-state index in [9.17, 15) is 4.79 Å². The quantitative estimate of drug-likeness (QED) is 0.782. The first kappa shape index (κ1) is 17.5. The van der Waals surface area contributed by atoms with Crippen LogP contribution in [0.15, 0.2) is 18.2 Å². The van der Waals surface area contributed by atoms with Gasteiger partial charge in [-0.2, -0.15) is 0 Å². The van der Waals surface area contributed by atoms with Gasteiger partial charge in [-0.1, -0.05) is 29.3 Å². The topological polar surface area (TPSA) is 38.8 Å². The lowest BCUT2D eigenvalue weighted by Crippen LogP contribution is -2.42. The predicted molar refractivity (Wildman–Crippen MR) is 87.4 cm³/mol. The second-order valence-electron chi connectivity index (χ2n) is 6.35. The van der Waals surface area contributed by atoms with Crippen molar-refractivity contribution < 1.29 is 14.3 Å². The number of esters is 1. The Kier molecular flexibility index (Phi) is 5.72. The molecule has 22 heavy (non-hydrogen) atoms. The largest absolute Gasteiger partial charge is 0.459 e. The predicted octanol–water partition coefficient (Wildman–Crippen LogP) is 3.71. The molecule has 4 nitrogen and oxygen atoms in total. The fraction of sp³-hybridized carbons (Fsp3) is 0.562. The summed E-state index contributed by atoms with van der Waals surface area (Å²) in [5, 5.41) is 1.03. The van der Waals surface area contributed by atoms with Gasteiger partial charge in [0.1, 0.15) is 5.60 Å². The van der Waals surface area contributed by atoms with Crippen LogP contribution in [0.4, 0.5) is 0 Å². The monoisotopic (exact) mass is 345 g/mol. The smallest absolute Gasteiger partial charge is 0.320 e. The van der Waals surface area contributed by atoms with Gasteiger partial charge in [0.15, 0.2) is 0 Å². The van der Waals surface area contributed by atoms with Crippen molar-refractivity contribution in [2.24, 2.45) is 0 Å². The molecule has 0 aromatic heterocycles. The highest BCUT2D eigenvalue weighted by Crippen LogP contribution is 2.29. The standard InChI is InChI=1S/C16H21Cl2NO3/c1-16(2,3)22-15(20)10-19-6-7-21-14(9-19)11-4-5-12(17)13(18)8-11/h4-5,8,14H,6-7,9-10H2,1-3H3. The van der Waals surface area contributed by atoms with Crippen LogP contribution in [0.2, 0.25) is 10.0 Å². The van der Waals surface area contributed by atoms with Crippen LogP contribution in [0, 0.1) is 0 Å². The fourth-order valence-electron chi connectivity index (χ4n) is 2.32. The average Bonchev–Trinajstić information content (AvgIpc) is 2.40. The summed E-state index contributed by atoms with van der Waals surface area (Å²) in [5.74, 6) is -0.220. The average molecular weight is 346 g/mol. The molecule has 1 aromatic carbocycles. The van der Waals surface area contributed by atoms with Crippen LogP contribution in [0.5, 0.6) is 0 Å². The number of rotatable bonds is 3. The molecular formula is C16H21Cl2NO3. The number of hydrogen-bond donors (Lipinski definition) is 0. The molecule has 2 rings (SSSR count). The van der Waals surface area contributed by atoms with E-state index in [1.165, 1.54) is 0 Å². The Morgan fingerprint density at radius 2 is 2.09 bits per heavy atom. The number of hydrogen-bond acceptors (Lipinski definition) is 4. The van der Waals surface area contributed by atoms with Gasteiger partial charge < -0.3 is 9.47 Å². The third-order valence-corrected chi connectivity index (χ3v) is 3.98. The number of morpholine rings is 1. The Balaban J connectivity index is 1.96. The summed E-state index contributed by atoms with van der Waals surface area (Å²) in [6, 6.07) is 5.47. The second-order valence-corrected chi connectivity index (χ2v) is 7.17. The van der Waals surface area contributed by atoms with Crippen LogP contribution < -0.4 is 0 Å². The first-order valence-corrected chi connectivity index (χ1v) is 8.01. The third-order valence-electron chi connectivity index (χ3n) is 3.24. The van der Waals surface area contributed by atoms with Crippen molar-refractivity contribution in [3.63, 3.8) is 0 Å². The molecule has 122 valence electrons. The number of benzene rings is 1. The molecule has 1 atom stereocenters. The Hall–Kier alpha value is -0.810. The minimum atomic E-state index is -0.466. The Labute approximate surface area is 141 Å². The van der Waals surface area contributed by atoms with E-state index in [0.717, 1.165) is 5.56 Å². The highest BCUT2D eigenvalue weighted by molar-refractivity contribution is 6.42. The van der Waals surface area contributed by atoms with E-state index in [1.54, 1.807) is 6.07 Å². The number of carbonyl (C=O) groups excluding carboxylic acids is 1.